The molecule has 98 valence electrons. The molecule has 0 aliphatic heterocycles. The third-order valence-electron chi connectivity index (χ3n) is 2.65. The van der Waals surface area contributed by atoms with E-state index in [2.05, 4.69) is 36.5 Å². The summed E-state index contributed by atoms with van der Waals surface area (Å²) >= 11 is 3.54. The molecule has 2 rings (SSSR count). The van der Waals surface area contributed by atoms with Gasteiger partial charge in [0.15, 0.2) is 5.82 Å². The number of halogens is 1. The summed E-state index contributed by atoms with van der Waals surface area (Å²) in [5, 5.41) is 11.5. The predicted molar refractivity (Wildman–Crippen MR) is 70.1 cm³/mol. The van der Waals surface area contributed by atoms with Gasteiger partial charge in [0.1, 0.15) is 0 Å². The molecule has 0 saturated carbocycles. The van der Waals surface area contributed by atoms with Crippen molar-refractivity contribution >= 4 is 15.9 Å². The molecule has 0 aliphatic carbocycles. The average molecular weight is 314 g/mol. The Morgan fingerprint density at radius 3 is 2.72 bits per heavy atom. The van der Waals surface area contributed by atoms with Crippen LogP contribution in [0.4, 0.5) is 0 Å². The fourth-order valence-corrected chi connectivity index (χ4v) is 2.20. The van der Waals surface area contributed by atoms with Crippen molar-refractivity contribution in [1.29, 1.82) is 0 Å². The van der Waals surface area contributed by atoms with E-state index in [4.69, 9.17) is 4.52 Å². The highest BCUT2D eigenvalue weighted by atomic mass is 79.9. The van der Waals surface area contributed by atoms with Crippen molar-refractivity contribution in [3.8, 4) is 0 Å². The van der Waals surface area contributed by atoms with Gasteiger partial charge in [-0.3, -0.25) is 4.68 Å². The van der Waals surface area contributed by atoms with Gasteiger partial charge in [0.25, 0.3) is 0 Å². The van der Waals surface area contributed by atoms with Gasteiger partial charge in [-0.05, 0) is 22.9 Å². The van der Waals surface area contributed by atoms with E-state index in [-0.39, 0.29) is 0 Å². The van der Waals surface area contributed by atoms with E-state index in [1.165, 1.54) is 0 Å². The quantitative estimate of drug-likeness (QED) is 0.847. The lowest BCUT2D eigenvalue weighted by molar-refractivity contribution is 0.387. The van der Waals surface area contributed by atoms with Crippen LogP contribution in [0.25, 0.3) is 0 Å². The molecule has 2 aromatic rings. The molecule has 18 heavy (non-hydrogen) atoms. The third kappa shape index (κ3) is 2.97. The largest absolute Gasteiger partial charge is 0.340 e. The zero-order chi connectivity index (χ0) is 13.1. The lowest BCUT2D eigenvalue weighted by Crippen LogP contribution is -2.19. The van der Waals surface area contributed by atoms with E-state index in [9.17, 15) is 0 Å². The molecule has 0 saturated heterocycles. The van der Waals surface area contributed by atoms with Crippen LogP contribution < -0.4 is 5.32 Å². The highest BCUT2D eigenvalue weighted by Crippen LogP contribution is 2.19. The highest BCUT2D eigenvalue weighted by Gasteiger charge is 2.09. The number of nitrogens with one attached hydrogen (secondary N) is 1. The molecule has 0 amide bonds. The van der Waals surface area contributed by atoms with Gasteiger partial charge in [-0.2, -0.15) is 10.1 Å². The zero-order valence-corrected chi connectivity index (χ0v) is 12.3. The van der Waals surface area contributed by atoms with E-state index in [0.29, 0.717) is 5.89 Å². The molecular formula is C11H16BrN5O. The first kappa shape index (κ1) is 13.2. The fraction of sp³-hybridized carbons (Fsp3) is 0.545. The van der Waals surface area contributed by atoms with Gasteiger partial charge in [-0.25, -0.2) is 0 Å². The van der Waals surface area contributed by atoms with E-state index < -0.39 is 0 Å². The minimum atomic E-state index is 0.606. The van der Waals surface area contributed by atoms with Crippen molar-refractivity contribution in [3.05, 3.63) is 27.6 Å². The van der Waals surface area contributed by atoms with Crippen LogP contribution in [-0.2, 0) is 20.0 Å². The molecule has 7 heteroatoms. The van der Waals surface area contributed by atoms with Crippen LogP contribution in [0.3, 0.4) is 0 Å². The summed E-state index contributed by atoms with van der Waals surface area (Å²) < 4.78 is 7.85. The molecule has 0 aliphatic rings. The number of hydrogen-bond acceptors (Lipinski definition) is 5. The molecule has 1 N–H and O–H groups in total. The second-order valence-corrected chi connectivity index (χ2v) is 4.92. The molecule has 0 atom stereocenters. The summed E-state index contributed by atoms with van der Waals surface area (Å²) in [4.78, 5) is 4.15. The number of aryl methyl sites for hydroxylation is 3. The Labute approximate surface area is 114 Å². The topological polar surface area (TPSA) is 68.8 Å². The standard InChI is InChI=1S/C11H16BrN5O/c1-7-11(12)9(17(3)15-7)6-13-5-4-10-14-8(2)18-16-10/h13H,4-6H2,1-3H3. The van der Waals surface area contributed by atoms with Crippen LogP contribution in [0.2, 0.25) is 0 Å². The summed E-state index contributed by atoms with van der Waals surface area (Å²) in [5.41, 5.74) is 2.14. The van der Waals surface area contributed by atoms with Crippen molar-refractivity contribution in [2.45, 2.75) is 26.8 Å². The van der Waals surface area contributed by atoms with E-state index in [1.807, 2.05) is 18.7 Å². The number of hydrogen-bond donors (Lipinski definition) is 1. The maximum Gasteiger partial charge on any atom is 0.223 e. The van der Waals surface area contributed by atoms with Gasteiger partial charge in [-0.15, -0.1) is 0 Å². The van der Waals surface area contributed by atoms with Gasteiger partial charge in [0.05, 0.1) is 15.9 Å². The van der Waals surface area contributed by atoms with E-state index >= 15 is 0 Å². The summed E-state index contributed by atoms with van der Waals surface area (Å²) in [6, 6.07) is 0. The van der Waals surface area contributed by atoms with Crippen LogP contribution in [0.15, 0.2) is 9.00 Å². The molecule has 0 radical (unpaired) electrons. The molecule has 2 aromatic heterocycles. The first-order valence-electron chi connectivity index (χ1n) is 5.76. The Morgan fingerprint density at radius 2 is 2.17 bits per heavy atom. The average Bonchev–Trinajstić information content (AvgIpc) is 2.82. The Bertz CT molecular complexity index is 534. The lowest BCUT2D eigenvalue weighted by atomic mass is 10.3. The first-order valence-corrected chi connectivity index (χ1v) is 6.55. The SMILES string of the molecule is Cc1nc(CCNCc2c(Br)c(C)nn2C)no1. The Hall–Kier alpha value is -1.21. The van der Waals surface area contributed by atoms with Crippen LogP contribution in [0.1, 0.15) is 23.1 Å². The predicted octanol–water partition coefficient (Wildman–Crippen LogP) is 1.51. The molecule has 6 nitrogen and oxygen atoms in total. The first-order chi connectivity index (χ1) is 8.58. The third-order valence-corrected chi connectivity index (χ3v) is 3.68. The summed E-state index contributed by atoms with van der Waals surface area (Å²) in [6.45, 7) is 5.33. The molecule has 0 spiro atoms. The molecule has 2 heterocycles. The molecular weight excluding hydrogens is 298 g/mol. The maximum atomic E-state index is 4.91. The monoisotopic (exact) mass is 313 g/mol. The number of nitrogens with zero attached hydrogens (tertiary/aromatic N) is 4. The van der Waals surface area contributed by atoms with Gasteiger partial charge in [0.2, 0.25) is 5.89 Å². The Kier molecular flexibility index (Phi) is 4.13. The zero-order valence-electron chi connectivity index (χ0n) is 10.7. The van der Waals surface area contributed by atoms with Gasteiger partial charge >= 0.3 is 0 Å². The molecule has 0 bridgehead atoms. The van der Waals surface area contributed by atoms with Gasteiger partial charge in [-0.1, -0.05) is 5.16 Å². The minimum absolute atomic E-state index is 0.606. The second kappa shape index (κ2) is 5.62. The smallest absolute Gasteiger partial charge is 0.223 e. The van der Waals surface area contributed by atoms with E-state index in [0.717, 1.165) is 41.2 Å². The fourth-order valence-electron chi connectivity index (χ4n) is 1.72. The van der Waals surface area contributed by atoms with Gasteiger partial charge in [0, 0.05) is 33.5 Å². The normalized spacial score (nSPS) is 11.1. The Balaban J connectivity index is 1.82. The van der Waals surface area contributed by atoms with Crippen molar-refractivity contribution < 1.29 is 4.52 Å². The highest BCUT2D eigenvalue weighted by molar-refractivity contribution is 9.10. The van der Waals surface area contributed by atoms with Crippen LogP contribution in [-0.4, -0.2) is 26.5 Å². The maximum absolute atomic E-state index is 4.91. The lowest BCUT2D eigenvalue weighted by Gasteiger charge is -2.04. The van der Waals surface area contributed by atoms with Crippen molar-refractivity contribution in [2.24, 2.45) is 7.05 Å². The molecule has 0 aromatic carbocycles. The van der Waals surface area contributed by atoms with Crippen molar-refractivity contribution in [3.63, 3.8) is 0 Å². The molecule has 0 unspecified atom stereocenters. The minimum Gasteiger partial charge on any atom is -0.340 e. The van der Waals surface area contributed by atoms with Crippen molar-refractivity contribution in [1.82, 2.24) is 25.2 Å². The summed E-state index contributed by atoms with van der Waals surface area (Å²) in [7, 11) is 1.94. The molecule has 0 fully saturated rings. The summed E-state index contributed by atoms with van der Waals surface area (Å²) in [5.74, 6) is 1.34. The van der Waals surface area contributed by atoms with Crippen LogP contribution in [0.5, 0.6) is 0 Å². The van der Waals surface area contributed by atoms with Gasteiger partial charge < -0.3 is 9.84 Å². The number of aromatic nitrogens is 4. The van der Waals surface area contributed by atoms with Crippen LogP contribution in [0, 0.1) is 13.8 Å². The Morgan fingerprint density at radius 1 is 1.39 bits per heavy atom. The van der Waals surface area contributed by atoms with Crippen molar-refractivity contribution in [2.75, 3.05) is 6.54 Å². The summed E-state index contributed by atoms with van der Waals surface area (Å²) in [6.07, 6.45) is 0.756. The van der Waals surface area contributed by atoms with Crippen LogP contribution >= 0.6 is 15.9 Å². The number of rotatable bonds is 5. The second-order valence-electron chi connectivity index (χ2n) is 4.13. The van der Waals surface area contributed by atoms with E-state index in [1.54, 1.807) is 6.92 Å².